The van der Waals surface area contributed by atoms with Gasteiger partial charge in [-0.15, -0.1) is 12.4 Å². The Kier molecular flexibility index (Phi) is 6.53. The molecule has 2 aliphatic heterocycles. The summed E-state index contributed by atoms with van der Waals surface area (Å²) in [6, 6.07) is 8.81. The number of halogens is 1. The summed E-state index contributed by atoms with van der Waals surface area (Å²) in [6.07, 6.45) is 2.86. The van der Waals surface area contributed by atoms with Gasteiger partial charge in [-0.2, -0.15) is 0 Å². The predicted molar refractivity (Wildman–Crippen MR) is 99.0 cm³/mol. The van der Waals surface area contributed by atoms with Gasteiger partial charge in [0.2, 0.25) is 0 Å². The molecule has 0 spiro atoms. The first-order valence-corrected chi connectivity index (χ1v) is 8.85. The number of rotatable bonds is 4. The molecule has 2 heterocycles. The summed E-state index contributed by atoms with van der Waals surface area (Å²) >= 11 is 0. The van der Waals surface area contributed by atoms with E-state index in [9.17, 15) is 4.79 Å². The lowest BCUT2D eigenvalue weighted by atomic mass is 10.0. The average Bonchev–Trinajstić information content (AvgIpc) is 2.79. The van der Waals surface area contributed by atoms with Crippen molar-refractivity contribution in [1.82, 2.24) is 10.2 Å². The zero-order valence-electron chi connectivity index (χ0n) is 14.8. The highest BCUT2D eigenvalue weighted by atomic mass is 35.5. The zero-order valence-corrected chi connectivity index (χ0v) is 15.6. The van der Waals surface area contributed by atoms with Crippen LogP contribution in [0.5, 0.6) is 5.75 Å². The van der Waals surface area contributed by atoms with E-state index >= 15 is 0 Å². The van der Waals surface area contributed by atoms with Gasteiger partial charge in [-0.1, -0.05) is 26.0 Å². The summed E-state index contributed by atoms with van der Waals surface area (Å²) in [5.74, 6) is 1.38. The van der Waals surface area contributed by atoms with Crippen LogP contribution in [0.3, 0.4) is 0 Å². The summed E-state index contributed by atoms with van der Waals surface area (Å²) in [6.45, 7) is 8.13. The van der Waals surface area contributed by atoms with Crippen LogP contribution >= 0.6 is 12.4 Å². The minimum Gasteiger partial charge on any atom is -0.481 e. The molecule has 1 N–H and O–H groups in total. The fraction of sp³-hybridized carbons (Fsp3) is 0.632. The second-order valence-corrected chi connectivity index (χ2v) is 7.11. The fourth-order valence-electron chi connectivity index (χ4n) is 3.75. The first kappa shape index (κ1) is 19.1. The molecular formula is C19H29ClN2O2. The number of carbonyl (C=O) groups is 1. The topological polar surface area (TPSA) is 41.6 Å². The van der Waals surface area contributed by atoms with E-state index in [0.29, 0.717) is 18.0 Å². The zero-order chi connectivity index (χ0) is 16.4. The predicted octanol–water partition coefficient (Wildman–Crippen LogP) is 3.35. The van der Waals surface area contributed by atoms with Crippen molar-refractivity contribution in [3.05, 3.63) is 29.8 Å². The summed E-state index contributed by atoms with van der Waals surface area (Å²) in [4.78, 5) is 15.0. The van der Waals surface area contributed by atoms with Crippen molar-refractivity contribution in [2.45, 2.75) is 64.1 Å². The van der Waals surface area contributed by atoms with Gasteiger partial charge in [0, 0.05) is 18.6 Å². The van der Waals surface area contributed by atoms with Crippen molar-refractivity contribution in [3.8, 4) is 5.75 Å². The largest absolute Gasteiger partial charge is 0.481 e. The third-order valence-corrected chi connectivity index (χ3v) is 5.09. The van der Waals surface area contributed by atoms with E-state index < -0.39 is 6.10 Å². The summed E-state index contributed by atoms with van der Waals surface area (Å²) in [5, 5.41) is 3.44. The Bertz CT molecular complexity index is 550. The van der Waals surface area contributed by atoms with Gasteiger partial charge in [0.05, 0.1) is 0 Å². The van der Waals surface area contributed by atoms with Gasteiger partial charge >= 0.3 is 0 Å². The highest BCUT2D eigenvalue weighted by Gasteiger charge is 2.40. The van der Waals surface area contributed by atoms with Gasteiger partial charge in [0.15, 0.2) is 6.10 Å². The Morgan fingerprint density at radius 2 is 1.96 bits per heavy atom. The van der Waals surface area contributed by atoms with Crippen molar-refractivity contribution in [3.63, 3.8) is 0 Å². The van der Waals surface area contributed by atoms with Gasteiger partial charge in [-0.05, 0) is 56.3 Å². The van der Waals surface area contributed by atoms with Crippen molar-refractivity contribution in [1.29, 1.82) is 0 Å². The molecule has 4 nitrogen and oxygen atoms in total. The van der Waals surface area contributed by atoms with Crippen LogP contribution in [0.25, 0.3) is 0 Å². The molecule has 0 aliphatic carbocycles. The molecule has 3 rings (SSSR count). The molecule has 5 heteroatoms. The third-order valence-electron chi connectivity index (χ3n) is 5.09. The quantitative estimate of drug-likeness (QED) is 0.903. The number of ether oxygens (including phenoxy) is 1. The molecule has 1 amide bonds. The number of hydrogen-bond acceptors (Lipinski definition) is 3. The molecule has 0 radical (unpaired) electrons. The first-order chi connectivity index (χ1) is 11.1. The monoisotopic (exact) mass is 352 g/mol. The molecule has 2 fully saturated rings. The van der Waals surface area contributed by atoms with Crippen LogP contribution in [0.2, 0.25) is 0 Å². The van der Waals surface area contributed by atoms with Gasteiger partial charge in [0.1, 0.15) is 5.75 Å². The van der Waals surface area contributed by atoms with Crippen molar-refractivity contribution < 1.29 is 9.53 Å². The summed E-state index contributed by atoms with van der Waals surface area (Å²) < 4.78 is 5.97. The van der Waals surface area contributed by atoms with Crippen molar-refractivity contribution in [2.24, 2.45) is 0 Å². The highest BCUT2D eigenvalue weighted by molar-refractivity contribution is 5.85. The Labute approximate surface area is 151 Å². The number of nitrogens with one attached hydrogen (secondary N) is 1. The lowest BCUT2D eigenvalue weighted by Crippen LogP contribution is -2.48. The van der Waals surface area contributed by atoms with Gasteiger partial charge in [-0.25, -0.2) is 0 Å². The van der Waals surface area contributed by atoms with E-state index in [4.69, 9.17) is 4.74 Å². The lowest BCUT2D eigenvalue weighted by molar-refractivity contribution is -0.140. The van der Waals surface area contributed by atoms with Crippen LogP contribution in [-0.2, 0) is 4.79 Å². The molecule has 1 aromatic carbocycles. The Morgan fingerprint density at radius 1 is 1.21 bits per heavy atom. The molecule has 2 bridgehead atoms. The molecule has 3 unspecified atom stereocenters. The van der Waals surface area contributed by atoms with Crippen molar-refractivity contribution in [2.75, 3.05) is 13.1 Å². The molecule has 24 heavy (non-hydrogen) atoms. The van der Waals surface area contributed by atoms with Crippen LogP contribution in [0.4, 0.5) is 0 Å². The minimum absolute atomic E-state index is 0. The first-order valence-electron chi connectivity index (χ1n) is 8.85. The van der Waals surface area contributed by atoms with E-state index in [2.05, 4.69) is 30.1 Å². The second kappa shape index (κ2) is 8.21. The SMILES string of the molecule is CC(Oc1cccc(C(C)C)c1)C(=O)N1C2CCNCC1CC2.Cl. The standard InChI is InChI=1S/C19H28N2O2.ClH/c1-13(2)15-5-4-6-18(11-15)23-14(3)19(22)21-16-7-8-17(21)12-20-10-9-16;/h4-6,11,13-14,16-17,20H,7-10,12H2,1-3H3;1H. The van der Waals surface area contributed by atoms with Crippen LogP contribution in [-0.4, -0.2) is 42.1 Å². The number of carbonyl (C=O) groups excluding carboxylic acids is 1. The maximum absolute atomic E-state index is 12.9. The second-order valence-electron chi connectivity index (χ2n) is 7.11. The number of fused-ring (bicyclic) bond motifs is 2. The Hall–Kier alpha value is -1.26. The molecular weight excluding hydrogens is 324 g/mol. The van der Waals surface area contributed by atoms with E-state index in [1.54, 1.807) is 0 Å². The van der Waals surface area contributed by atoms with E-state index in [1.807, 2.05) is 25.1 Å². The van der Waals surface area contributed by atoms with Crippen LogP contribution in [0, 0.1) is 0 Å². The van der Waals surface area contributed by atoms with Crippen LogP contribution < -0.4 is 10.1 Å². The smallest absolute Gasteiger partial charge is 0.263 e. The molecule has 0 aromatic heterocycles. The van der Waals surface area contributed by atoms with Crippen molar-refractivity contribution >= 4 is 18.3 Å². The normalized spacial score (nSPS) is 24.2. The number of amides is 1. The number of hydrogen-bond donors (Lipinski definition) is 1. The lowest BCUT2D eigenvalue weighted by Gasteiger charge is -2.30. The van der Waals surface area contributed by atoms with Crippen LogP contribution in [0.1, 0.15) is 51.5 Å². The van der Waals surface area contributed by atoms with Crippen LogP contribution in [0.15, 0.2) is 24.3 Å². The number of benzene rings is 1. The van der Waals surface area contributed by atoms with E-state index in [0.717, 1.165) is 38.1 Å². The molecule has 134 valence electrons. The highest BCUT2D eigenvalue weighted by Crippen LogP contribution is 2.29. The maximum atomic E-state index is 12.9. The molecule has 2 aliphatic rings. The third kappa shape index (κ3) is 4.04. The molecule has 0 saturated carbocycles. The molecule has 1 aromatic rings. The summed E-state index contributed by atoms with van der Waals surface area (Å²) in [5.41, 5.74) is 1.24. The Morgan fingerprint density at radius 3 is 2.71 bits per heavy atom. The van der Waals surface area contributed by atoms with Gasteiger partial charge in [0.25, 0.3) is 5.91 Å². The van der Waals surface area contributed by atoms with Gasteiger partial charge < -0.3 is 15.0 Å². The minimum atomic E-state index is -0.432. The molecule has 3 atom stereocenters. The molecule has 2 saturated heterocycles. The average molecular weight is 353 g/mol. The maximum Gasteiger partial charge on any atom is 0.263 e. The number of nitrogens with zero attached hydrogens (tertiary/aromatic N) is 1. The Balaban J connectivity index is 0.00000208. The summed E-state index contributed by atoms with van der Waals surface area (Å²) in [7, 11) is 0. The van der Waals surface area contributed by atoms with Gasteiger partial charge in [-0.3, -0.25) is 4.79 Å². The van der Waals surface area contributed by atoms with E-state index in [1.165, 1.54) is 5.56 Å². The fourth-order valence-corrected chi connectivity index (χ4v) is 3.75. The van der Waals surface area contributed by atoms with E-state index in [-0.39, 0.29) is 18.3 Å².